The van der Waals surface area contributed by atoms with Gasteiger partial charge in [-0.05, 0) is 19.3 Å². The van der Waals surface area contributed by atoms with Crippen molar-refractivity contribution in [3.63, 3.8) is 0 Å². The second kappa shape index (κ2) is 5.51. The molecule has 0 aliphatic heterocycles. The molecule has 0 saturated heterocycles. The summed E-state index contributed by atoms with van der Waals surface area (Å²) in [5.74, 6) is -3.41. The number of aliphatic hydroxyl groups excluding tert-OH is 1. The molecule has 0 bridgehead atoms. The fourth-order valence-corrected chi connectivity index (χ4v) is 2.98. The van der Waals surface area contributed by atoms with E-state index < -0.39 is 11.8 Å². The summed E-state index contributed by atoms with van der Waals surface area (Å²) in [7, 11) is 0. The highest BCUT2D eigenvalue weighted by molar-refractivity contribution is 5.79. The minimum atomic E-state index is -2.67. The number of hydrogen-bond acceptors (Lipinski definition) is 2. The van der Waals surface area contributed by atoms with E-state index in [1.807, 2.05) is 0 Å². The van der Waals surface area contributed by atoms with Crippen molar-refractivity contribution in [2.75, 3.05) is 6.54 Å². The van der Waals surface area contributed by atoms with E-state index in [0.29, 0.717) is 6.54 Å². The number of rotatable bonds is 3. The van der Waals surface area contributed by atoms with E-state index in [1.54, 1.807) is 0 Å². The van der Waals surface area contributed by atoms with Gasteiger partial charge in [0.05, 0.1) is 6.10 Å². The van der Waals surface area contributed by atoms with Crippen LogP contribution in [0.1, 0.15) is 44.9 Å². The molecule has 104 valence electrons. The zero-order valence-corrected chi connectivity index (χ0v) is 10.5. The fraction of sp³-hybridized carbons (Fsp3) is 0.923. The Labute approximate surface area is 106 Å². The second-order valence-electron chi connectivity index (χ2n) is 5.65. The number of carbonyl (C=O) groups is 1. The van der Waals surface area contributed by atoms with Crippen LogP contribution in [0.5, 0.6) is 0 Å². The van der Waals surface area contributed by atoms with Crippen molar-refractivity contribution in [1.29, 1.82) is 0 Å². The first kappa shape index (κ1) is 13.7. The van der Waals surface area contributed by atoms with Crippen LogP contribution in [0.15, 0.2) is 0 Å². The maximum atomic E-state index is 13.0. The van der Waals surface area contributed by atoms with Gasteiger partial charge < -0.3 is 10.4 Å². The Morgan fingerprint density at radius 3 is 2.61 bits per heavy atom. The summed E-state index contributed by atoms with van der Waals surface area (Å²) in [4.78, 5) is 11.8. The Balaban J connectivity index is 1.75. The quantitative estimate of drug-likeness (QED) is 0.817. The van der Waals surface area contributed by atoms with Crippen LogP contribution in [-0.2, 0) is 4.79 Å². The number of aliphatic hydroxyl groups is 1. The van der Waals surface area contributed by atoms with E-state index in [9.17, 15) is 18.7 Å². The molecule has 2 aliphatic rings. The van der Waals surface area contributed by atoms with Gasteiger partial charge in [-0.3, -0.25) is 4.79 Å². The lowest BCUT2D eigenvalue weighted by Crippen LogP contribution is -2.39. The Morgan fingerprint density at radius 1 is 1.28 bits per heavy atom. The van der Waals surface area contributed by atoms with E-state index in [2.05, 4.69) is 5.32 Å². The summed E-state index contributed by atoms with van der Waals surface area (Å²) >= 11 is 0. The summed E-state index contributed by atoms with van der Waals surface area (Å²) in [5.41, 5.74) is 0. The standard InChI is InChI=1S/C13H21F2NO2/c14-13(15)6-5-9(7-13)12(18)16-8-10-3-1-2-4-11(10)17/h9-11,17H,1-8H2,(H,16,18). The highest BCUT2D eigenvalue weighted by Gasteiger charge is 2.42. The maximum absolute atomic E-state index is 13.0. The van der Waals surface area contributed by atoms with Crippen molar-refractivity contribution in [3.05, 3.63) is 0 Å². The van der Waals surface area contributed by atoms with E-state index in [1.165, 1.54) is 0 Å². The first-order chi connectivity index (χ1) is 8.48. The zero-order chi connectivity index (χ0) is 13.2. The SMILES string of the molecule is O=C(NCC1CCCCC1O)C1CCC(F)(F)C1. The predicted octanol–water partition coefficient (Wildman–Crippen LogP) is 2.09. The number of alkyl halides is 2. The van der Waals surface area contributed by atoms with E-state index in [0.717, 1.165) is 25.7 Å². The third-order valence-corrected chi connectivity index (χ3v) is 4.18. The van der Waals surface area contributed by atoms with Crippen LogP contribution in [0.3, 0.4) is 0 Å². The molecule has 5 heteroatoms. The van der Waals surface area contributed by atoms with Crippen LogP contribution >= 0.6 is 0 Å². The molecule has 18 heavy (non-hydrogen) atoms. The van der Waals surface area contributed by atoms with E-state index >= 15 is 0 Å². The van der Waals surface area contributed by atoms with E-state index in [4.69, 9.17) is 0 Å². The van der Waals surface area contributed by atoms with Gasteiger partial charge in [-0.25, -0.2) is 8.78 Å². The van der Waals surface area contributed by atoms with Crippen LogP contribution in [0.4, 0.5) is 8.78 Å². The lowest BCUT2D eigenvalue weighted by molar-refractivity contribution is -0.126. The normalized spacial score (nSPS) is 35.4. The maximum Gasteiger partial charge on any atom is 0.248 e. The molecule has 3 nitrogen and oxygen atoms in total. The summed E-state index contributed by atoms with van der Waals surface area (Å²) in [5, 5.41) is 12.5. The van der Waals surface area contributed by atoms with Crippen LogP contribution < -0.4 is 5.32 Å². The summed E-state index contributed by atoms with van der Waals surface area (Å²) < 4.78 is 26.0. The number of hydrogen-bond donors (Lipinski definition) is 2. The predicted molar refractivity (Wildman–Crippen MR) is 63.3 cm³/mol. The van der Waals surface area contributed by atoms with E-state index in [-0.39, 0.29) is 37.2 Å². The van der Waals surface area contributed by atoms with Crippen molar-refractivity contribution in [3.8, 4) is 0 Å². The lowest BCUT2D eigenvalue weighted by atomic mass is 9.86. The van der Waals surface area contributed by atoms with Crippen LogP contribution in [0.25, 0.3) is 0 Å². The topological polar surface area (TPSA) is 49.3 Å². The molecule has 0 aromatic carbocycles. The number of nitrogens with one attached hydrogen (secondary N) is 1. The van der Waals surface area contributed by atoms with Gasteiger partial charge in [-0.1, -0.05) is 12.8 Å². The highest BCUT2D eigenvalue weighted by atomic mass is 19.3. The summed E-state index contributed by atoms with van der Waals surface area (Å²) in [6.07, 6.45) is 3.18. The molecule has 2 N–H and O–H groups in total. The molecular weight excluding hydrogens is 240 g/mol. The minimum absolute atomic E-state index is 0.0876. The summed E-state index contributed by atoms with van der Waals surface area (Å²) in [6.45, 7) is 0.419. The Morgan fingerprint density at radius 2 is 2.00 bits per heavy atom. The lowest BCUT2D eigenvalue weighted by Gasteiger charge is -2.28. The van der Waals surface area contributed by atoms with Crippen molar-refractivity contribution in [1.82, 2.24) is 5.32 Å². The molecule has 2 rings (SSSR count). The number of halogens is 2. The summed E-state index contributed by atoms with van der Waals surface area (Å²) in [6, 6.07) is 0. The van der Waals surface area contributed by atoms with Gasteiger partial charge in [-0.2, -0.15) is 0 Å². The van der Waals surface area contributed by atoms with Gasteiger partial charge >= 0.3 is 0 Å². The molecule has 0 heterocycles. The minimum Gasteiger partial charge on any atom is -0.393 e. The van der Waals surface area contributed by atoms with Gasteiger partial charge in [0.2, 0.25) is 11.8 Å². The fourth-order valence-electron chi connectivity index (χ4n) is 2.98. The van der Waals surface area contributed by atoms with Gasteiger partial charge in [-0.15, -0.1) is 0 Å². The third kappa shape index (κ3) is 3.40. The van der Waals surface area contributed by atoms with Crippen molar-refractivity contribution in [2.45, 2.75) is 57.0 Å². The van der Waals surface area contributed by atoms with Crippen LogP contribution in [0.2, 0.25) is 0 Å². The average molecular weight is 261 g/mol. The van der Waals surface area contributed by atoms with Crippen molar-refractivity contribution in [2.24, 2.45) is 11.8 Å². The Hall–Kier alpha value is -0.710. The first-order valence-corrected chi connectivity index (χ1v) is 6.81. The van der Waals surface area contributed by atoms with Crippen LogP contribution in [-0.4, -0.2) is 29.6 Å². The highest BCUT2D eigenvalue weighted by Crippen LogP contribution is 2.38. The monoisotopic (exact) mass is 261 g/mol. The molecular formula is C13H21F2NO2. The molecule has 2 fully saturated rings. The van der Waals surface area contributed by atoms with Gasteiger partial charge in [0.15, 0.2) is 0 Å². The number of amides is 1. The molecule has 3 unspecified atom stereocenters. The Kier molecular flexibility index (Phi) is 4.20. The van der Waals surface area contributed by atoms with Gasteiger partial charge in [0, 0.05) is 31.2 Å². The first-order valence-electron chi connectivity index (χ1n) is 6.81. The zero-order valence-electron chi connectivity index (χ0n) is 10.5. The second-order valence-corrected chi connectivity index (χ2v) is 5.65. The Bertz CT molecular complexity index is 309. The molecule has 0 aromatic heterocycles. The molecule has 0 radical (unpaired) electrons. The van der Waals surface area contributed by atoms with Gasteiger partial charge in [0.25, 0.3) is 0 Å². The number of carbonyl (C=O) groups excluding carboxylic acids is 1. The molecule has 0 aromatic rings. The van der Waals surface area contributed by atoms with Crippen molar-refractivity contribution >= 4 is 5.91 Å². The smallest absolute Gasteiger partial charge is 0.248 e. The third-order valence-electron chi connectivity index (χ3n) is 4.18. The molecule has 0 spiro atoms. The van der Waals surface area contributed by atoms with Crippen LogP contribution in [0, 0.1) is 11.8 Å². The van der Waals surface area contributed by atoms with Gasteiger partial charge in [0.1, 0.15) is 0 Å². The molecule has 1 amide bonds. The largest absolute Gasteiger partial charge is 0.393 e. The molecule has 3 atom stereocenters. The molecule has 2 aliphatic carbocycles. The van der Waals surface area contributed by atoms with Crippen molar-refractivity contribution < 1.29 is 18.7 Å². The average Bonchev–Trinajstić information content (AvgIpc) is 2.68. The molecule has 2 saturated carbocycles.